The van der Waals surface area contributed by atoms with Gasteiger partial charge in [0.2, 0.25) is 5.91 Å². The third kappa shape index (κ3) is 25.2. The number of hydrogen-bond donors (Lipinski definition) is 9. The van der Waals surface area contributed by atoms with Gasteiger partial charge in [-0.15, -0.1) is 0 Å². The van der Waals surface area contributed by atoms with E-state index in [1.807, 2.05) is 6.79 Å². The largest absolute Gasteiger partial charge is 0.508 e. The highest BCUT2D eigenvalue weighted by atomic mass is 32.1. The number of aliphatic hydroxyl groups excluding tert-OH is 1. The molecule has 0 aliphatic rings. The second-order valence-electron chi connectivity index (χ2n) is 13.2. The molecule has 0 radical (unpaired) electrons. The lowest BCUT2D eigenvalue weighted by atomic mass is 10.0. The molecular formula is C40H52N6O14S. The number of ether oxygens (including phenoxy) is 1. The van der Waals surface area contributed by atoms with Crippen LogP contribution < -0.4 is 11.1 Å². The number of carboxylic acids is 4. The number of aromatic hydroxyl groups is 2. The molecule has 0 bridgehead atoms. The summed E-state index contributed by atoms with van der Waals surface area (Å²) < 4.78 is 5.70. The number of aliphatic hydroxyl groups is 1. The summed E-state index contributed by atoms with van der Waals surface area (Å²) in [6.07, 6.45) is 0.107. The SMILES string of the molecule is C=O.NC(=O)CN(CCN(CC(=O)O)CC(Cc1ccc(N=C=S)cc1)N(COCNC(O)Cc1ccc(O)cc1)CC(=O)O)CC(=O)O.O=C(O)CCc1ccc(O)cc1. The van der Waals surface area contributed by atoms with Gasteiger partial charge >= 0.3 is 23.9 Å². The molecule has 3 aromatic rings. The summed E-state index contributed by atoms with van der Waals surface area (Å²) >= 11 is 4.65. The van der Waals surface area contributed by atoms with Gasteiger partial charge in [0.25, 0.3) is 0 Å². The van der Waals surface area contributed by atoms with Gasteiger partial charge in [-0.25, -0.2) is 0 Å². The number of nitrogens with zero attached hydrogens (tertiary/aromatic N) is 4. The van der Waals surface area contributed by atoms with Gasteiger partial charge in [-0.05, 0) is 78.1 Å². The molecule has 2 atom stereocenters. The molecule has 61 heavy (non-hydrogen) atoms. The highest BCUT2D eigenvalue weighted by molar-refractivity contribution is 7.78. The zero-order valence-corrected chi connectivity index (χ0v) is 34.1. The third-order valence-electron chi connectivity index (χ3n) is 8.34. The van der Waals surface area contributed by atoms with Crippen LogP contribution in [0.3, 0.4) is 0 Å². The molecule has 0 aliphatic carbocycles. The van der Waals surface area contributed by atoms with Crippen LogP contribution in [0.15, 0.2) is 77.8 Å². The van der Waals surface area contributed by atoms with Crippen LogP contribution in [0.1, 0.15) is 23.1 Å². The number of carbonyl (C=O) groups is 6. The van der Waals surface area contributed by atoms with E-state index in [9.17, 15) is 49.5 Å². The van der Waals surface area contributed by atoms with Crippen molar-refractivity contribution in [2.45, 2.75) is 38.0 Å². The number of nitrogens with one attached hydrogen (secondary N) is 1. The van der Waals surface area contributed by atoms with Gasteiger partial charge in [-0.2, -0.15) is 4.99 Å². The summed E-state index contributed by atoms with van der Waals surface area (Å²) in [4.78, 5) is 72.9. The summed E-state index contributed by atoms with van der Waals surface area (Å²) in [6, 6.07) is 19.2. The van der Waals surface area contributed by atoms with E-state index in [1.54, 1.807) is 60.7 Å². The van der Waals surface area contributed by atoms with E-state index in [0.29, 0.717) is 12.1 Å². The number of aryl methyl sites for hydroxylation is 1. The second-order valence-corrected chi connectivity index (χ2v) is 13.4. The Morgan fingerprint density at radius 1 is 0.721 bits per heavy atom. The van der Waals surface area contributed by atoms with E-state index in [0.717, 1.165) is 16.7 Å². The Morgan fingerprint density at radius 2 is 1.21 bits per heavy atom. The van der Waals surface area contributed by atoms with E-state index in [2.05, 4.69) is 27.7 Å². The lowest BCUT2D eigenvalue weighted by Crippen LogP contribution is -2.51. The predicted molar refractivity (Wildman–Crippen MR) is 223 cm³/mol. The van der Waals surface area contributed by atoms with E-state index >= 15 is 0 Å². The Kier molecular flexibility index (Phi) is 26.0. The number of thiocarbonyl (C=S) groups is 1. The van der Waals surface area contributed by atoms with Crippen molar-refractivity contribution in [2.24, 2.45) is 10.7 Å². The van der Waals surface area contributed by atoms with Crippen molar-refractivity contribution >= 4 is 59.6 Å². The fraction of sp³-hybridized carbons (Fsp3) is 0.375. The van der Waals surface area contributed by atoms with Crippen molar-refractivity contribution in [3.63, 3.8) is 0 Å². The zero-order chi connectivity index (χ0) is 45.7. The minimum absolute atomic E-state index is 0.00219. The summed E-state index contributed by atoms with van der Waals surface area (Å²) in [5, 5.41) is 70.7. The average molecular weight is 873 g/mol. The number of phenolic OH excluding ortho intramolecular Hbond substituents is 2. The van der Waals surface area contributed by atoms with Crippen molar-refractivity contribution < 1.29 is 69.2 Å². The van der Waals surface area contributed by atoms with Crippen LogP contribution in [0.2, 0.25) is 0 Å². The second kappa shape index (κ2) is 30.0. The van der Waals surface area contributed by atoms with Crippen molar-refractivity contribution in [1.82, 2.24) is 20.0 Å². The molecule has 0 heterocycles. The Balaban J connectivity index is 0.00000113. The Labute approximate surface area is 357 Å². The van der Waals surface area contributed by atoms with Gasteiger partial charge in [0.1, 0.15) is 38.0 Å². The van der Waals surface area contributed by atoms with Gasteiger partial charge in [-0.1, -0.05) is 36.4 Å². The van der Waals surface area contributed by atoms with E-state index in [-0.39, 0.29) is 70.4 Å². The maximum Gasteiger partial charge on any atom is 0.317 e. The van der Waals surface area contributed by atoms with Crippen molar-refractivity contribution in [2.75, 3.05) is 59.3 Å². The third-order valence-corrected chi connectivity index (χ3v) is 8.43. The fourth-order valence-electron chi connectivity index (χ4n) is 5.59. The number of nitrogens with two attached hydrogens (primary N) is 1. The Bertz CT molecular complexity index is 1830. The number of aliphatic carboxylic acids is 4. The summed E-state index contributed by atoms with van der Waals surface area (Å²) in [7, 11) is 0. The number of hydrogen-bond acceptors (Lipinski definition) is 16. The summed E-state index contributed by atoms with van der Waals surface area (Å²) in [5.41, 5.74) is 8.27. The number of primary amides is 1. The standard InChI is InChI=1S/C30H40N6O10S.C9H10O3.CH2O/c31-26(38)14-35(16-29(42)43)10-9-34(15-28(40)41)13-24(11-21-1-5-23(6-2-21)33-19-47)36(17-30(44)45)20-46-18-32-27(39)12-22-3-7-25(37)8-4-22;10-8-4-1-7(2-5-8)3-6-9(11)12;1-2/h1-8,24,27,32,37,39H,9-18,20H2,(H2,31,38)(H,40,41)(H,42,43)(H,44,45);1-2,4-5,10H,3,6H2,(H,11,12);1H2. The molecule has 10 N–H and O–H groups in total. The number of amides is 1. The minimum Gasteiger partial charge on any atom is -0.508 e. The van der Waals surface area contributed by atoms with E-state index in [4.69, 9.17) is 25.5 Å². The summed E-state index contributed by atoms with van der Waals surface area (Å²) in [6.45, 7) is -0.0796. The first-order valence-corrected chi connectivity index (χ1v) is 18.8. The topological polar surface area (TPSA) is 313 Å². The van der Waals surface area contributed by atoms with Crippen LogP contribution in [0, 0.1) is 0 Å². The molecule has 3 aromatic carbocycles. The first-order chi connectivity index (χ1) is 29.0. The maximum atomic E-state index is 11.9. The number of isothiocyanates is 1. The average Bonchev–Trinajstić information content (AvgIpc) is 3.19. The molecule has 0 saturated carbocycles. The first kappa shape index (κ1) is 52.9. The van der Waals surface area contributed by atoms with Crippen molar-refractivity contribution in [3.05, 3.63) is 89.5 Å². The number of rotatable bonds is 27. The smallest absolute Gasteiger partial charge is 0.317 e. The highest BCUT2D eigenvalue weighted by Crippen LogP contribution is 2.17. The van der Waals surface area contributed by atoms with Gasteiger partial charge in [0.05, 0.1) is 37.0 Å². The number of phenols is 2. The zero-order valence-electron chi connectivity index (χ0n) is 33.2. The van der Waals surface area contributed by atoms with Gasteiger partial charge in [0, 0.05) is 38.5 Å². The van der Waals surface area contributed by atoms with E-state index < -0.39 is 61.7 Å². The maximum absolute atomic E-state index is 11.9. The van der Waals surface area contributed by atoms with Crippen molar-refractivity contribution in [3.8, 4) is 11.5 Å². The van der Waals surface area contributed by atoms with Gasteiger partial charge in [-0.3, -0.25) is 44.0 Å². The molecule has 332 valence electrons. The summed E-state index contributed by atoms with van der Waals surface area (Å²) in [5.74, 6) is -4.78. The molecule has 0 saturated heterocycles. The molecule has 0 aromatic heterocycles. The van der Waals surface area contributed by atoms with Gasteiger partial charge in [0.15, 0.2) is 0 Å². The minimum atomic E-state index is -1.19. The van der Waals surface area contributed by atoms with Gasteiger partial charge < -0.3 is 51.0 Å². The number of carbonyl (C=O) groups excluding carboxylic acids is 2. The molecule has 2 unspecified atom stereocenters. The normalized spacial score (nSPS) is 11.6. The molecule has 0 spiro atoms. The molecule has 21 heteroatoms. The Hall–Kier alpha value is -6.16. The van der Waals surface area contributed by atoms with Crippen LogP contribution in [0.4, 0.5) is 5.69 Å². The molecule has 1 amide bonds. The molecule has 20 nitrogen and oxygen atoms in total. The quantitative estimate of drug-likeness (QED) is 0.0223. The van der Waals surface area contributed by atoms with Crippen LogP contribution in [-0.2, 0) is 52.8 Å². The lowest BCUT2D eigenvalue weighted by molar-refractivity contribution is -0.143. The van der Waals surface area contributed by atoms with Crippen LogP contribution in [0.5, 0.6) is 11.5 Å². The number of benzene rings is 3. The van der Waals surface area contributed by atoms with Crippen molar-refractivity contribution in [1.29, 1.82) is 0 Å². The van der Waals surface area contributed by atoms with Crippen LogP contribution >= 0.6 is 12.2 Å². The fourth-order valence-corrected chi connectivity index (χ4v) is 5.69. The highest BCUT2D eigenvalue weighted by Gasteiger charge is 2.26. The van der Waals surface area contributed by atoms with E-state index in [1.165, 1.54) is 26.8 Å². The lowest BCUT2D eigenvalue weighted by Gasteiger charge is -2.35. The number of carboxylic acid groups (broad SMARTS) is 4. The molecule has 3 rings (SSSR count). The molecule has 0 aliphatic heterocycles. The molecular weight excluding hydrogens is 821 g/mol. The monoisotopic (exact) mass is 872 g/mol. The first-order valence-electron chi connectivity index (χ1n) is 18.4. The van der Waals surface area contributed by atoms with Crippen LogP contribution in [0.25, 0.3) is 0 Å². The molecule has 0 fully saturated rings. The Morgan fingerprint density at radius 3 is 1.72 bits per heavy atom. The predicted octanol–water partition coefficient (Wildman–Crippen LogP) is 0.990. The number of aliphatic imine (C=N–C) groups is 1. The van der Waals surface area contributed by atoms with Crippen LogP contribution in [-0.4, -0.2) is 164 Å².